The number of benzene rings is 2. The highest BCUT2D eigenvalue weighted by Crippen LogP contribution is 2.28. The van der Waals surface area contributed by atoms with Gasteiger partial charge in [-0.1, -0.05) is 41.9 Å². The predicted molar refractivity (Wildman–Crippen MR) is 111 cm³/mol. The topological polar surface area (TPSA) is 53.6 Å². The summed E-state index contributed by atoms with van der Waals surface area (Å²) in [6, 6.07) is 15.6. The Hall–Kier alpha value is -1.79. The van der Waals surface area contributed by atoms with Gasteiger partial charge in [-0.05, 0) is 29.3 Å². The van der Waals surface area contributed by atoms with E-state index in [9.17, 15) is 4.79 Å². The molecule has 7 heteroatoms. The Bertz CT molecular complexity index is 740. The van der Waals surface area contributed by atoms with Crippen LogP contribution < -0.4 is 15.4 Å². The first-order chi connectivity index (χ1) is 12.7. The van der Waals surface area contributed by atoms with Crippen molar-refractivity contribution >= 4 is 29.9 Å². The molecule has 2 aromatic rings. The number of nitrogens with zero attached hydrogens (tertiary/aromatic N) is 1. The number of carbonyl (C=O) groups excluding carboxylic acids is 1. The first-order valence-corrected chi connectivity index (χ1v) is 9.14. The zero-order chi connectivity index (χ0) is 18.4. The molecule has 3 rings (SSSR count). The molecule has 0 radical (unpaired) electrons. The molecule has 1 aliphatic heterocycles. The summed E-state index contributed by atoms with van der Waals surface area (Å²) >= 11 is 6.36. The molecule has 1 atom stereocenters. The number of halogens is 2. The number of hydrogen-bond acceptors (Lipinski definition) is 4. The van der Waals surface area contributed by atoms with Crippen molar-refractivity contribution in [3.8, 4) is 5.75 Å². The summed E-state index contributed by atoms with van der Waals surface area (Å²) in [6.07, 6.45) is 0. The normalized spacial score (nSPS) is 17.0. The molecule has 146 valence electrons. The number of rotatable bonds is 6. The van der Waals surface area contributed by atoms with E-state index in [1.165, 1.54) is 0 Å². The number of carbonyl (C=O) groups is 1. The van der Waals surface area contributed by atoms with Crippen LogP contribution in [0.15, 0.2) is 48.5 Å². The molecule has 1 amide bonds. The van der Waals surface area contributed by atoms with E-state index in [2.05, 4.69) is 15.5 Å². The number of amides is 1. The molecule has 2 aromatic carbocycles. The molecule has 1 heterocycles. The largest absolute Gasteiger partial charge is 0.497 e. The second-order valence-corrected chi connectivity index (χ2v) is 6.74. The Morgan fingerprint density at radius 1 is 1.26 bits per heavy atom. The van der Waals surface area contributed by atoms with Crippen molar-refractivity contribution in [1.82, 2.24) is 15.5 Å². The number of methoxy groups -OCH3 is 1. The lowest BCUT2D eigenvalue weighted by molar-refractivity contribution is -0.123. The minimum absolute atomic E-state index is 0. The van der Waals surface area contributed by atoms with Gasteiger partial charge in [0.15, 0.2) is 0 Å². The second-order valence-electron chi connectivity index (χ2n) is 6.34. The van der Waals surface area contributed by atoms with Crippen LogP contribution in [0.3, 0.4) is 0 Å². The van der Waals surface area contributed by atoms with Crippen LogP contribution >= 0.6 is 24.0 Å². The first kappa shape index (κ1) is 21.5. The fourth-order valence-electron chi connectivity index (χ4n) is 3.17. The summed E-state index contributed by atoms with van der Waals surface area (Å²) in [4.78, 5) is 14.6. The van der Waals surface area contributed by atoms with Crippen LogP contribution in [0.4, 0.5) is 0 Å². The SMILES string of the molecule is COc1ccc(CNC(=O)CN2CCNCC2c2ccccc2Cl)cc1.Cl. The Kier molecular flexibility index (Phi) is 8.38. The van der Waals surface area contributed by atoms with Crippen LogP contribution in [0.1, 0.15) is 17.2 Å². The quantitative estimate of drug-likeness (QED) is 0.769. The maximum absolute atomic E-state index is 12.4. The Balaban J connectivity index is 0.00000261. The molecule has 1 aliphatic rings. The minimum Gasteiger partial charge on any atom is -0.497 e. The zero-order valence-electron chi connectivity index (χ0n) is 15.3. The number of ether oxygens (including phenoxy) is 1. The van der Waals surface area contributed by atoms with Crippen molar-refractivity contribution in [2.75, 3.05) is 33.3 Å². The van der Waals surface area contributed by atoms with E-state index in [0.29, 0.717) is 13.1 Å². The van der Waals surface area contributed by atoms with Gasteiger partial charge in [-0.25, -0.2) is 0 Å². The highest BCUT2D eigenvalue weighted by atomic mass is 35.5. The maximum Gasteiger partial charge on any atom is 0.234 e. The fraction of sp³-hybridized carbons (Fsp3) is 0.350. The molecule has 1 unspecified atom stereocenters. The van der Waals surface area contributed by atoms with Crippen molar-refractivity contribution in [3.63, 3.8) is 0 Å². The van der Waals surface area contributed by atoms with Crippen LogP contribution in [0.25, 0.3) is 0 Å². The van der Waals surface area contributed by atoms with E-state index >= 15 is 0 Å². The lowest BCUT2D eigenvalue weighted by Crippen LogP contribution is -2.49. The van der Waals surface area contributed by atoms with E-state index in [1.807, 2.05) is 48.5 Å². The summed E-state index contributed by atoms with van der Waals surface area (Å²) in [7, 11) is 1.64. The van der Waals surface area contributed by atoms with Gasteiger partial charge in [0, 0.05) is 37.2 Å². The molecule has 1 fully saturated rings. The third-order valence-corrected chi connectivity index (χ3v) is 4.96. The summed E-state index contributed by atoms with van der Waals surface area (Å²) in [5, 5.41) is 7.12. The van der Waals surface area contributed by atoms with Crippen LogP contribution in [-0.2, 0) is 11.3 Å². The zero-order valence-corrected chi connectivity index (χ0v) is 16.9. The third kappa shape index (κ3) is 5.84. The van der Waals surface area contributed by atoms with E-state index in [-0.39, 0.29) is 24.4 Å². The van der Waals surface area contributed by atoms with Crippen molar-refractivity contribution in [1.29, 1.82) is 0 Å². The van der Waals surface area contributed by atoms with Crippen LogP contribution in [-0.4, -0.2) is 44.1 Å². The van der Waals surface area contributed by atoms with Crippen LogP contribution in [0.5, 0.6) is 5.75 Å². The fourth-order valence-corrected chi connectivity index (χ4v) is 3.43. The summed E-state index contributed by atoms with van der Waals surface area (Å²) in [6.45, 7) is 3.33. The van der Waals surface area contributed by atoms with E-state index in [1.54, 1.807) is 7.11 Å². The average molecular weight is 410 g/mol. The summed E-state index contributed by atoms with van der Waals surface area (Å²) < 4.78 is 5.15. The lowest BCUT2D eigenvalue weighted by atomic mass is 10.0. The summed E-state index contributed by atoms with van der Waals surface area (Å²) in [5.74, 6) is 0.822. The Morgan fingerprint density at radius 3 is 2.70 bits per heavy atom. The van der Waals surface area contributed by atoms with Gasteiger partial charge in [-0.3, -0.25) is 9.69 Å². The van der Waals surface area contributed by atoms with E-state index in [4.69, 9.17) is 16.3 Å². The van der Waals surface area contributed by atoms with E-state index < -0.39 is 0 Å². The van der Waals surface area contributed by atoms with Gasteiger partial charge in [0.2, 0.25) is 5.91 Å². The standard InChI is InChI=1S/C20H24ClN3O2.ClH/c1-26-16-8-6-15(7-9-16)12-23-20(25)14-24-11-10-22-13-19(24)17-4-2-3-5-18(17)21;/h2-9,19,22H,10-14H2,1H3,(H,23,25);1H. The van der Waals surface area contributed by atoms with Gasteiger partial charge in [-0.15, -0.1) is 12.4 Å². The lowest BCUT2D eigenvalue weighted by Gasteiger charge is -2.36. The number of hydrogen-bond donors (Lipinski definition) is 2. The van der Waals surface area contributed by atoms with Crippen LogP contribution in [0.2, 0.25) is 5.02 Å². The third-order valence-electron chi connectivity index (χ3n) is 4.61. The highest BCUT2D eigenvalue weighted by Gasteiger charge is 2.26. The summed E-state index contributed by atoms with van der Waals surface area (Å²) in [5.41, 5.74) is 2.10. The monoisotopic (exact) mass is 409 g/mol. The van der Waals surface area contributed by atoms with Gasteiger partial charge in [0.1, 0.15) is 5.75 Å². The minimum atomic E-state index is 0. The van der Waals surface area contributed by atoms with Gasteiger partial charge >= 0.3 is 0 Å². The smallest absolute Gasteiger partial charge is 0.234 e. The van der Waals surface area contributed by atoms with Gasteiger partial charge in [0.05, 0.1) is 13.7 Å². The number of nitrogens with one attached hydrogen (secondary N) is 2. The predicted octanol–water partition coefficient (Wildman–Crippen LogP) is 3.03. The molecule has 2 N–H and O–H groups in total. The van der Waals surface area contributed by atoms with Crippen molar-refractivity contribution in [3.05, 3.63) is 64.7 Å². The Labute approximate surface area is 171 Å². The molecule has 1 saturated heterocycles. The Morgan fingerprint density at radius 2 is 2.00 bits per heavy atom. The molecule has 0 bridgehead atoms. The average Bonchev–Trinajstić information content (AvgIpc) is 2.68. The van der Waals surface area contributed by atoms with Gasteiger partial charge in [-0.2, -0.15) is 0 Å². The highest BCUT2D eigenvalue weighted by molar-refractivity contribution is 6.31. The molecule has 0 aliphatic carbocycles. The molecular weight excluding hydrogens is 385 g/mol. The first-order valence-electron chi connectivity index (χ1n) is 8.76. The van der Waals surface area contributed by atoms with Crippen molar-refractivity contribution < 1.29 is 9.53 Å². The van der Waals surface area contributed by atoms with Gasteiger partial charge < -0.3 is 15.4 Å². The van der Waals surface area contributed by atoms with E-state index in [0.717, 1.165) is 41.5 Å². The van der Waals surface area contributed by atoms with Crippen LogP contribution in [0, 0.1) is 0 Å². The second kappa shape index (κ2) is 10.5. The maximum atomic E-state index is 12.4. The number of piperazine rings is 1. The van der Waals surface area contributed by atoms with Gasteiger partial charge in [0.25, 0.3) is 0 Å². The molecule has 5 nitrogen and oxygen atoms in total. The molecule has 0 saturated carbocycles. The molecule has 0 aromatic heterocycles. The van der Waals surface area contributed by atoms with Crippen molar-refractivity contribution in [2.24, 2.45) is 0 Å². The molecule has 27 heavy (non-hydrogen) atoms. The molecular formula is C20H25Cl2N3O2. The molecule has 0 spiro atoms. The van der Waals surface area contributed by atoms with Crippen molar-refractivity contribution in [2.45, 2.75) is 12.6 Å².